The summed E-state index contributed by atoms with van der Waals surface area (Å²) < 4.78 is 32.1. The average molecular weight is 452 g/mol. The Labute approximate surface area is 185 Å². The first-order valence-electron chi connectivity index (χ1n) is 9.44. The molecule has 1 N–H and O–H groups in total. The number of pyridine rings is 1. The van der Waals surface area contributed by atoms with E-state index in [1.807, 2.05) is 0 Å². The van der Waals surface area contributed by atoms with E-state index < -0.39 is 28.4 Å². The molecule has 0 aliphatic rings. The van der Waals surface area contributed by atoms with E-state index in [2.05, 4.69) is 15.5 Å². The highest BCUT2D eigenvalue weighted by Gasteiger charge is 2.27. The fourth-order valence-corrected chi connectivity index (χ4v) is 4.10. The van der Waals surface area contributed by atoms with E-state index in [4.69, 9.17) is 4.74 Å². The summed E-state index contributed by atoms with van der Waals surface area (Å²) in [6.07, 6.45) is 4.26. The third-order valence-corrected chi connectivity index (χ3v) is 5.88. The van der Waals surface area contributed by atoms with Crippen molar-refractivity contribution in [2.24, 2.45) is 5.10 Å². The number of benzene rings is 2. The molecule has 0 aliphatic heterocycles. The van der Waals surface area contributed by atoms with Gasteiger partial charge in [-0.25, -0.2) is 13.8 Å². The molecule has 10 heteroatoms. The molecule has 2 aromatic carbocycles. The second-order valence-electron chi connectivity index (χ2n) is 6.49. The Morgan fingerprint density at radius 1 is 1.06 bits per heavy atom. The van der Waals surface area contributed by atoms with Crippen LogP contribution in [0, 0.1) is 0 Å². The molecule has 0 saturated carbocycles. The number of ether oxygens (including phenoxy) is 1. The maximum Gasteiger partial charge on any atom is 0.308 e. The molecule has 0 atom stereocenters. The number of hydrazone groups is 1. The van der Waals surface area contributed by atoms with Crippen LogP contribution in [0.2, 0.25) is 0 Å². The minimum absolute atomic E-state index is 0.0491. The van der Waals surface area contributed by atoms with Gasteiger partial charge >= 0.3 is 5.97 Å². The van der Waals surface area contributed by atoms with Gasteiger partial charge in [-0.1, -0.05) is 18.2 Å². The van der Waals surface area contributed by atoms with Crippen molar-refractivity contribution < 1.29 is 22.7 Å². The Balaban J connectivity index is 1.72. The summed E-state index contributed by atoms with van der Waals surface area (Å²) >= 11 is 0. The van der Waals surface area contributed by atoms with Gasteiger partial charge in [0.15, 0.2) is 0 Å². The Morgan fingerprint density at radius 3 is 2.41 bits per heavy atom. The molecule has 1 amide bonds. The van der Waals surface area contributed by atoms with Crippen LogP contribution in [0.3, 0.4) is 0 Å². The van der Waals surface area contributed by atoms with Crippen molar-refractivity contribution in [2.75, 3.05) is 10.8 Å². The number of nitrogens with one attached hydrogen (secondary N) is 1. The number of hydrogen-bond donors (Lipinski definition) is 1. The van der Waals surface area contributed by atoms with E-state index in [0.717, 1.165) is 4.31 Å². The van der Waals surface area contributed by atoms with Gasteiger partial charge in [-0.2, -0.15) is 5.10 Å². The molecular formula is C22H20N4O5S. The Morgan fingerprint density at radius 2 is 1.78 bits per heavy atom. The Bertz CT molecular complexity index is 1200. The molecule has 0 aliphatic carbocycles. The van der Waals surface area contributed by atoms with Crippen LogP contribution >= 0.6 is 0 Å². The van der Waals surface area contributed by atoms with Gasteiger partial charge in [-0.15, -0.1) is 0 Å². The first kappa shape index (κ1) is 22.6. The topological polar surface area (TPSA) is 118 Å². The Hall–Kier alpha value is -4.05. The monoisotopic (exact) mass is 452 g/mol. The van der Waals surface area contributed by atoms with Crippen LogP contribution in [-0.2, 0) is 19.6 Å². The zero-order valence-electron chi connectivity index (χ0n) is 17.1. The van der Waals surface area contributed by atoms with Gasteiger partial charge < -0.3 is 4.74 Å². The summed E-state index contributed by atoms with van der Waals surface area (Å²) in [6, 6.07) is 17.4. The highest BCUT2D eigenvalue weighted by Crippen LogP contribution is 2.22. The fraction of sp³-hybridized carbons (Fsp3) is 0.0909. The molecule has 0 bridgehead atoms. The fourth-order valence-electron chi connectivity index (χ4n) is 2.67. The number of nitrogens with zero attached hydrogens (tertiary/aromatic N) is 3. The van der Waals surface area contributed by atoms with Gasteiger partial charge in [-0.05, 0) is 54.1 Å². The van der Waals surface area contributed by atoms with Crippen LogP contribution in [0.4, 0.5) is 5.69 Å². The van der Waals surface area contributed by atoms with E-state index in [-0.39, 0.29) is 10.6 Å². The zero-order valence-corrected chi connectivity index (χ0v) is 17.9. The first-order valence-corrected chi connectivity index (χ1v) is 10.9. The van der Waals surface area contributed by atoms with Gasteiger partial charge in [0.1, 0.15) is 12.3 Å². The molecule has 3 rings (SSSR count). The molecule has 0 radical (unpaired) electrons. The van der Waals surface area contributed by atoms with Crippen LogP contribution in [-0.4, -0.2) is 38.0 Å². The minimum Gasteiger partial charge on any atom is -0.427 e. The van der Waals surface area contributed by atoms with Gasteiger partial charge in [0.2, 0.25) is 0 Å². The predicted octanol–water partition coefficient (Wildman–Crippen LogP) is 2.35. The van der Waals surface area contributed by atoms with E-state index in [1.165, 1.54) is 37.7 Å². The number of rotatable bonds is 8. The molecule has 0 spiro atoms. The van der Waals surface area contributed by atoms with Crippen LogP contribution in [0.15, 0.2) is 89.1 Å². The first-order chi connectivity index (χ1) is 15.4. The molecule has 32 heavy (non-hydrogen) atoms. The van der Waals surface area contributed by atoms with Gasteiger partial charge in [0, 0.05) is 13.1 Å². The number of carbonyl (C=O) groups excluding carboxylic acids is 2. The van der Waals surface area contributed by atoms with Crippen molar-refractivity contribution in [1.29, 1.82) is 0 Å². The molecule has 0 saturated heterocycles. The number of amides is 1. The maximum absolute atomic E-state index is 13.1. The van der Waals surface area contributed by atoms with Crippen LogP contribution in [0.5, 0.6) is 5.75 Å². The minimum atomic E-state index is -4.00. The molecule has 9 nitrogen and oxygen atoms in total. The summed E-state index contributed by atoms with van der Waals surface area (Å²) in [7, 11) is -4.00. The second-order valence-corrected chi connectivity index (χ2v) is 8.35. The van der Waals surface area contributed by atoms with Crippen molar-refractivity contribution in [3.05, 3.63) is 84.7 Å². The molecule has 0 unspecified atom stereocenters. The van der Waals surface area contributed by atoms with Crippen molar-refractivity contribution in [1.82, 2.24) is 10.4 Å². The van der Waals surface area contributed by atoms with Crippen molar-refractivity contribution in [3.63, 3.8) is 0 Å². The van der Waals surface area contributed by atoms with Crippen molar-refractivity contribution in [3.8, 4) is 5.75 Å². The van der Waals surface area contributed by atoms with E-state index in [0.29, 0.717) is 11.3 Å². The van der Waals surface area contributed by atoms with Crippen molar-refractivity contribution in [2.45, 2.75) is 11.8 Å². The molecule has 0 fully saturated rings. The summed E-state index contributed by atoms with van der Waals surface area (Å²) in [5.74, 6) is -0.680. The largest absolute Gasteiger partial charge is 0.427 e. The van der Waals surface area contributed by atoms with Crippen LogP contribution in [0.25, 0.3) is 0 Å². The Kier molecular flexibility index (Phi) is 7.29. The van der Waals surface area contributed by atoms with Gasteiger partial charge in [-0.3, -0.25) is 18.9 Å². The third kappa shape index (κ3) is 5.99. The van der Waals surface area contributed by atoms with Crippen molar-refractivity contribution >= 4 is 33.8 Å². The third-order valence-electron chi connectivity index (χ3n) is 4.10. The van der Waals surface area contributed by atoms with E-state index in [1.54, 1.807) is 54.6 Å². The number of sulfonamides is 1. The maximum atomic E-state index is 13.1. The molecule has 3 aromatic rings. The molecule has 164 valence electrons. The standard InChI is InChI=1S/C22H20N4O5S/c1-17(27)31-20-11-9-18(10-12-20)14-24-25-22(28)16-26(19-6-5-13-23-15-19)32(29,30)21-7-3-2-4-8-21/h2-15H,16H2,1H3,(H,25,28)/b24-14-. The van der Waals surface area contributed by atoms with Gasteiger partial charge in [0.05, 0.1) is 23.0 Å². The summed E-state index contributed by atoms with van der Waals surface area (Å²) in [4.78, 5) is 27.4. The smallest absolute Gasteiger partial charge is 0.308 e. The van der Waals surface area contributed by atoms with Crippen LogP contribution < -0.4 is 14.5 Å². The van der Waals surface area contributed by atoms with E-state index >= 15 is 0 Å². The molecular weight excluding hydrogens is 432 g/mol. The van der Waals surface area contributed by atoms with E-state index in [9.17, 15) is 18.0 Å². The SMILES string of the molecule is CC(=O)Oc1ccc(/C=N\NC(=O)CN(c2cccnc2)S(=O)(=O)c2ccccc2)cc1. The highest BCUT2D eigenvalue weighted by molar-refractivity contribution is 7.92. The second kappa shape index (κ2) is 10.3. The van der Waals surface area contributed by atoms with Crippen LogP contribution in [0.1, 0.15) is 12.5 Å². The quantitative estimate of drug-likeness (QED) is 0.243. The number of hydrogen-bond acceptors (Lipinski definition) is 7. The lowest BCUT2D eigenvalue weighted by molar-refractivity contribution is -0.131. The number of anilines is 1. The number of aromatic nitrogens is 1. The molecule has 1 heterocycles. The summed E-state index contributed by atoms with van der Waals surface area (Å²) in [5, 5.41) is 3.86. The number of esters is 1. The number of carbonyl (C=O) groups is 2. The zero-order chi connectivity index (χ0) is 23.0. The summed E-state index contributed by atoms with van der Waals surface area (Å²) in [6.45, 7) is 0.809. The predicted molar refractivity (Wildman–Crippen MR) is 119 cm³/mol. The normalized spacial score (nSPS) is 11.2. The molecule has 1 aromatic heterocycles. The highest BCUT2D eigenvalue weighted by atomic mass is 32.2. The van der Waals surface area contributed by atoms with Gasteiger partial charge in [0.25, 0.3) is 15.9 Å². The average Bonchev–Trinajstić information content (AvgIpc) is 2.79. The lowest BCUT2D eigenvalue weighted by Gasteiger charge is -2.23. The lowest BCUT2D eigenvalue weighted by Crippen LogP contribution is -2.39. The summed E-state index contributed by atoms with van der Waals surface area (Å²) in [5.41, 5.74) is 3.21. The lowest BCUT2D eigenvalue weighted by atomic mass is 10.2.